The van der Waals surface area contributed by atoms with Gasteiger partial charge in [0.1, 0.15) is 5.82 Å². The summed E-state index contributed by atoms with van der Waals surface area (Å²) >= 11 is 0. The van der Waals surface area contributed by atoms with Crippen molar-refractivity contribution in [2.24, 2.45) is 0 Å². The molecule has 2 N–H and O–H groups in total. The van der Waals surface area contributed by atoms with Crippen LogP contribution in [0, 0.1) is 12.7 Å². The molecule has 0 fully saturated rings. The van der Waals surface area contributed by atoms with Crippen molar-refractivity contribution in [2.75, 3.05) is 0 Å². The molecule has 0 atom stereocenters. The normalized spacial score (nSPS) is 11.1. The van der Waals surface area contributed by atoms with Gasteiger partial charge < -0.3 is 10.3 Å². The van der Waals surface area contributed by atoms with Crippen LogP contribution >= 0.6 is 0 Å². The number of hydrogen-bond acceptors (Lipinski definition) is 3. The standard InChI is InChI=1S/C26H22FN5O/c1-17-22(23-13-20(27)7-8-24(23)30-17)14-25(33)29-15-19-16-32(21-5-3-2-4-6-21)31-26(19)18-9-11-28-12-10-18/h2-13,16,30H,14-15H2,1H3,(H,29,33). The number of H-pyrrole nitrogens is 1. The van der Waals surface area contributed by atoms with Gasteiger partial charge in [-0.2, -0.15) is 5.10 Å². The third-order valence-corrected chi connectivity index (χ3v) is 5.66. The maximum atomic E-state index is 13.8. The van der Waals surface area contributed by atoms with Crippen LogP contribution < -0.4 is 5.32 Å². The van der Waals surface area contributed by atoms with Crippen LogP contribution in [0.2, 0.25) is 0 Å². The third-order valence-electron chi connectivity index (χ3n) is 5.66. The lowest BCUT2D eigenvalue weighted by molar-refractivity contribution is -0.120. The van der Waals surface area contributed by atoms with Gasteiger partial charge in [0.25, 0.3) is 0 Å². The SMILES string of the molecule is Cc1[nH]c2ccc(F)cc2c1CC(=O)NCc1cn(-c2ccccc2)nc1-c1ccncc1. The second-order valence-corrected chi connectivity index (χ2v) is 7.89. The zero-order valence-corrected chi connectivity index (χ0v) is 18.0. The number of halogens is 1. The molecule has 0 aliphatic rings. The number of amides is 1. The topological polar surface area (TPSA) is 75.6 Å². The van der Waals surface area contributed by atoms with Crippen LogP contribution in [0.5, 0.6) is 0 Å². The molecule has 0 unspecified atom stereocenters. The molecule has 0 radical (unpaired) electrons. The van der Waals surface area contributed by atoms with Gasteiger partial charge >= 0.3 is 0 Å². The molecule has 5 rings (SSSR count). The number of nitrogens with zero attached hydrogens (tertiary/aromatic N) is 3. The van der Waals surface area contributed by atoms with E-state index < -0.39 is 0 Å². The highest BCUT2D eigenvalue weighted by Crippen LogP contribution is 2.25. The summed E-state index contributed by atoms with van der Waals surface area (Å²) < 4.78 is 15.6. The summed E-state index contributed by atoms with van der Waals surface area (Å²) in [5.41, 5.74) is 6.01. The van der Waals surface area contributed by atoms with E-state index in [4.69, 9.17) is 5.10 Å². The predicted molar refractivity (Wildman–Crippen MR) is 125 cm³/mol. The number of aryl methyl sites for hydroxylation is 1. The Morgan fingerprint density at radius 2 is 1.88 bits per heavy atom. The molecule has 5 aromatic rings. The van der Waals surface area contributed by atoms with E-state index in [0.717, 1.165) is 44.7 Å². The maximum absolute atomic E-state index is 13.8. The largest absolute Gasteiger partial charge is 0.358 e. The summed E-state index contributed by atoms with van der Waals surface area (Å²) in [5, 5.41) is 8.50. The first kappa shape index (κ1) is 20.6. The van der Waals surface area contributed by atoms with Crippen molar-refractivity contribution in [3.63, 3.8) is 0 Å². The maximum Gasteiger partial charge on any atom is 0.224 e. The molecule has 0 saturated carbocycles. The average Bonchev–Trinajstić information content (AvgIpc) is 3.40. The molecular weight excluding hydrogens is 417 g/mol. The summed E-state index contributed by atoms with van der Waals surface area (Å²) in [6.07, 6.45) is 5.53. The van der Waals surface area contributed by atoms with Crippen molar-refractivity contribution >= 4 is 16.8 Å². The molecule has 3 aromatic heterocycles. The molecule has 164 valence electrons. The van der Waals surface area contributed by atoms with Crippen LogP contribution in [0.4, 0.5) is 4.39 Å². The lowest BCUT2D eigenvalue weighted by Crippen LogP contribution is -2.24. The Balaban J connectivity index is 1.39. The van der Waals surface area contributed by atoms with Gasteiger partial charge in [0.05, 0.1) is 17.8 Å². The van der Waals surface area contributed by atoms with Crippen molar-refractivity contribution in [1.82, 2.24) is 25.1 Å². The summed E-state index contributed by atoms with van der Waals surface area (Å²) in [5.74, 6) is -0.463. The smallest absolute Gasteiger partial charge is 0.224 e. The number of aromatic amines is 1. The number of carbonyl (C=O) groups is 1. The van der Waals surface area contributed by atoms with Crippen LogP contribution in [0.1, 0.15) is 16.8 Å². The van der Waals surface area contributed by atoms with E-state index in [1.165, 1.54) is 12.1 Å². The number of hydrogen-bond donors (Lipinski definition) is 2. The van der Waals surface area contributed by atoms with Crippen LogP contribution in [0.15, 0.2) is 79.3 Å². The Bertz CT molecular complexity index is 1420. The van der Waals surface area contributed by atoms with E-state index in [1.807, 2.05) is 60.3 Å². The van der Waals surface area contributed by atoms with Crippen molar-refractivity contribution < 1.29 is 9.18 Å². The number of pyridine rings is 1. The van der Waals surface area contributed by atoms with Gasteiger partial charge in [0, 0.05) is 52.9 Å². The number of fused-ring (bicyclic) bond motifs is 1. The molecule has 0 aliphatic heterocycles. The molecule has 33 heavy (non-hydrogen) atoms. The van der Waals surface area contributed by atoms with Crippen LogP contribution in [-0.4, -0.2) is 25.7 Å². The Hall–Kier alpha value is -4.26. The van der Waals surface area contributed by atoms with Gasteiger partial charge in [-0.3, -0.25) is 9.78 Å². The summed E-state index contributed by atoms with van der Waals surface area (Å²) in [4.78, 5) is 20.1. The zero-order valence-electron chi connectivity index (χ0n) is 18.0. The Kier molecular flexibility index (Phi) is 5.44. The highest BCUT2D eigenvalue weighted by molar-refractivity contribution is 5.90. The first-order valence-electron chi connectivity index (χ1n) is 10.7. The monoisotopic (exact) mass is 439 g/mol. The average molecular weight is 439 g/mol. The number of benzene rings is 2. The van der Waals surface area contributed by atoms with Gasteiger partial charge in [0.2, 0.25) is 5.91 Å². The minimum Gasteiger partial charge on any atom is -0.358 e. The minimum atomic E-state index is -0.321. The molecule has 3 heterocycles. The van der Waals surface area contributed by atoms with Gasteiger partial charge in [-0.05, 0) is 55.0 Å². The fraction of sp³-hybridized carbons (Fsp3) is 0.115. The number of rotatable bonds is 6. The quantitative estimate of drug-likeness (QED) is 0.402. The summed E-state index contributed by atoms with van der Waals surface area (Å²) in [7, 11) is 0. The predicted octanol–water partition coefficient (Wildman–Crippen LogP) is 4.72. The summed E-state index contributed by atoms with van der Waals surface area (Å²) in [6.45, 7) is 2.21. The molecular formula is C26H22FN5O. The molecule has 0 saturated heterocycles. The van der Waals surface area contributed by atoms with E-state index >= 15 is 0 Å². The Morgan fingerprint density at radius 1 is 1.09 bits per heavy atom. The van der Waals surface area contributed by atoms with E-state index in [9.17, 15) is 9.18 Å². The van der Waals surface area contributed by atoms with E-state index in [2.05, 4.69) is 15.3 Å². The van der Waals surface area contributed by atoms with Crippen LogP contribution in [0.3, 0.4) is 0 Å². The zero-order chi connectivity index (χ0) is 22.8. The molecule has 0 spiro atoms. The number of carbonyl (C=O) groups excluding carboxylic acids is 1. The summed E-state index contributed by atoms with van der Waals surface area (Å²) in [6, 6.07) is 18.2. The van der Waals surface area contributed by atoms with Gasteiger partial charge in [-0.15, -0.1) is 0 Å². The van der Waals surface area contributed by atoms with E-state index in [-0.39, 0.29) is 18.1 Å². The number of para-hydroxylation sites is 1. The molecule has 1 amide bonds. The number of aromatic nitrogens is 4. The third kappa shape index (κ3) is 4.25. The lowest BCUT2D eigenvalue weighted by Gasteiger charge is -2.06. The van der Waals surface area contributed by atoms with Crippen molar-refractivity contribution in [3.8, 4) is 16.9 Å². The molecule has 7 heteroatoms. The highest BCUT2D eigenvalue weighted by Gasteiger charge is 2.16. The Labute approximate surface area is 190 Å². The first-order chi connectivity index (χ1) is 16.1. The van der Waals surface area contributed by atoms with E-state index in [1.54, 1.807) is 18.5 Å². The van der Waals surface area contributed by atoms with Crippen molar-refractivity contribution in [3.05, 3.63) is 102 Å². The molecule has 2 aromatic carbocycles. The minimum absolute atomic E-state index is 0.142. The van der Waals surface area contributed by atoms with E-state index in [0.29, 0.717) is 6.54 Å². The highest BCUT2D eigenvalue weighted by atomic mass is 19.1. The van der Waals surface area contributed by atoms with Gasteiger partial charge in [-0.1, -0.05) is 18.2 Å². The Morgan fingerprint density at radius 3 is 2.67 bits per heavy atom. The fourth-order valence-corrected chi connectivity index (χ4v) is 4.00. The van der Waals surface area contributed by atoms with Gasteiger partial charge in [-0.25, -0.2) is 9.07 Å². The van der Waals surface area contributed by atoms with Crippen molar-refractivity contribution in [2.45, 2.75) is 19.9 Å². The van der Waals surface area contributed by atoms with Gasteiger partial charge in [0.15, 0.2) is 0 Å². The second-order valence-electron chi connectivity index (χ2n) is 7.89. The van der Waals surface area contributed by atoms with Crippen LogP contribution in [0.25, 0.3) is 27.8 Å². The fourth-order valence-electron chi connectivity index (χ4n) is 4.00. The molecule has 0 aliphatic carbocycles. The van der Waals surface area contributed by atoms with Crippen LogP contribution in [-0.2, 0) is 17.8 Å². The number of nitrogens with one attached hydrogen (secondary N) is 2. The second kappa shape index (κ2) is 8.70. The molecule has 6 nitrogen and oxygen atoms in total. The molecule has 0 bridgehead atoms. The first-order valence-corrected chi connectivity index (χ1v) is 10.7. The lowest BCUT2D eigenvalue weighted by atomic mass is 10.1. The van der Waals surface area contributed by atoms with Crippen molar-refractivity contribution in [1.29, 1.82) is 0 Å².